The van der Waals surface area contributed by atoms with Gasteiger partial charge in [-0.2, -0.15) is 0 Å². The summed E-state index contributed by atoms with van der Waals surface area (Å²) in [6, 6.07) is 12.9. The van der Waals surface area contributed by atoms with Crippen LogP contribution in [0.2, 0.25) is 5.02 Å². The number of nitrogens with zero attached hydrogens (tertiary/aromatic N) is 1. The molecule has 3 rings (SSSR count). The molecule has 0 aromatic heterocycles. The van der Waals surface area contributed by atoms with Gasteiger partial charge in [0.1, 0.15) is 0 Å². The van der Waals surface area contributed by atoms with Crippen molar-refractivity contribution >= 4 is 29.1 Å². The number of anilines is 1. The van der Waals surface area contributed by atoms with Crippen LogP contribution in [0, 0.1) is 5.92 Å². The van der Waals surface area contributed by atoms with Gasteiger partial charge in [0.25, 0.3) is 5.91 Å². The van der Waals surface area contributed by atoms with Crippen molar-refractivity contribution in [3.8, 4) is 0 Å². The first kappa shape index (κ1) is 20.4. The Kier molecular flexibility index (Phi) is 6.40. The van der Waals surface area contributed by atoms with Gasteiger partial charge in [0.15, 0.2) is 0 Å². The van der Waals surface area contributed by atoms with Gasteiger partial charge in [-0.15, -0.1) is 0 Å². The molecule has 1 atom stereocenters. The number of nitrogens with one attached hydrogen (secondary N) is 1. The van der Waals surface area contributed by atoms with Crippen LogP contribution < -0.4 is 10.2 Å². The van der Waals surface area contributed by atoms with Crippen molar-refractivity contribution in [2.24, 2.45) is 5.92 Å². The van der Waals surface area contributed by atoms with E-state index in [4.69, 9.17) is 11.6 Å². The molecule has 0 aliphatic carbocycles. The van der Waals surface area contributed by atoms with Gasteiger partial charge in [0.05, 0.1) is 6.04 Å². The molecule has 0 spiro atoms. The highest BCUT2D eigenvalue weighted by Crippen LogP contribution is 2.31. The van der Waals surface area contributed by atoms with E-state index < -0.39 is 0 Å². The number of hydrogen-bond acceptors (Lipinski definition) is 2. The van der Waals surface area contributed by atoms with Crippen molar-refractivity contribution in [2.45, 2.75) is 46.1 Å². The average molecular weight is 399 g/mol. The molecule has 5 heteroatoms. The minimum atomic E-state index is -0.129. The number of carbonyl (C=O) groups is 2. The number of amides is 2. The van der Waals surface area contributed by atoms with E-state index in [1.165, 1.54) is 5.56 Å². The maximum atomic E-state index is 12.6. The van der Waals surface area contributed by atoms with E-state index in [1.807, 2.05) is 24.0 Å². The molecule has 2 aromatic rings. The van der Waals surface area contributed by atoms with E-state index in [1.54, 1.807) is 24.3 Å². The van der Waals surface area contributed by atoms with Crippen LogP contribution in [-0.2, 0) is 11.2 Å². The monoisotopic (exact) mass is 398 g/mol. The Balaban J connectivity index is 1.74. The predicted molar refractivity (Wildman–Crippen MR) is 114 cm³/mol. The molecule has 1 heterocycles. The Hall–Kier alpha value is -2.33. The first-order valence-corrected chi connectivity index (χ1v) is 10.2. The molecule has 0 fully saturated rings. The van der Waals surface area contributed by atoms with Crippen molar-refractivity contribution in [1.29, 1.82) is 0 Å². The van der Waals surface area contributed by atoms with Gasteiger partial charge >= 0.3 is 0 Å². The molecule has 0 radical (unpaired) electrons. The van der Waals surface area contributed by atoms with Gasteiger partial charge in [-0.3, -0.25) is 9.59 Å². The number of aryl methyl sites for hydroxylation is 1. The van der Waals surface area contributed by atoms with Gasteiger partial charge in [-0.25, -0.2) is 0 Å². The lowest BCUT2D eigenvalue weighted by atomic mass is 9.96. The summed E-state index contributed by atoms with van der Waals surface area (Å²) in [6.45, 7) is 6.88. The highest BCUT2D eigenvalue weighted by atomic mass is 35.5. The molecule has 0 bridgehead atoms. The van der Waals surface area contributed by atoms with E-state index in [-0.39, 0.29) is 17.9 Å². The fourth-order valence-electron chi connectivity index (χ4n) is 3.57. The lowest BCUT2D eigenvalue weighted by Gasteiger charge is -2.31. The van der Waals surface area contributed by atoms with E-state index in [0.29, 0.717) is 22.9 Å². The second-order valence-electron chi connectivity index (χ2n) is 7.84. The number of rotatable bonds is 5. The third kappa shape index (κ3) is 4.74. The second-order valence-corrected chi connectivity index (χ2v) is 8.27. The van der Waals surface area contributed by atoms with E-state index in [2.05, 4.69) is 25.2 Å². The van der Waals surface area contributed by atoms with Crippen LogP contribution >= 0.6 is 11.6 Å². The first-order chi connectivity index (χ1) is 13.3. The van der Waals surface area contributed by atoms with Crippen molar-refractivity contribution in [2.75, 3.05) is 11.4 Å². The summed E-state index contributed by atoms with van der Waals surface area (Å²) in [5.41, 5.74) is 3.81. The molecular weight excluding hydrogens is 372 g/mol. The zero-order valence-corrected chi connectivity index (χ0v) is 17.4. The number of benzene rings is 2. The number of fused-ring (bicyclic) bond motifs is 1. The highest BCUT2D eigenvalue weighted by Gasteiger charge is 2.24. The highest BCUT2D eigenvalue weighted by molar-refractivity contribution is 6.30. The molecule has 1 aliphatic heterocycles. The largest absolute Gasteiger partial charge is 0.346 e. The Morgan fingerprint density at radius 2 is 1.82 bits per heavy atom. The Morgan fingerprint density at radius 3 is 2.50 bits per heavy atom. The molecule has 148 valence electrons. The van der Waals surface area contributed by atoms with Gasteiger partial charge in [-0.1, -0.05) is 37.6 Å². The lowest BCUT2D eigenvalue weighted by molar-refractivity contribution is -0.119. The molecule has 2 amide bonds. The van der Waals surface area contributed by atoms with Crippen LogP contribution in [-0.4, -0.2) is 18.4 Å². The molecule has 0 unspecified atom stereocenters. The van der Waals surface area contributed by atoms with Gasteiger partial charge in [0, 0.05) is 29.2 Å². The van der Waals surface area contributed by atoms with Crippen LogP contribution in [0.15, 0.2) is 42.5 Å². The van der Waals surface area contributed by atoms with E-state index in [0.717, 1.165) is 30.6 Å². The SMILES string of the molecule is CC(C)CC(=O)N1CCCc2cc([C@H](C)NC(=O)c3ccc(Cl)cc3)ccc21. The average Bonchev–Trinajstić information content (AvgIpc) is 2.66. The molecule has 28 heavy (non-hydrogen) atoms. The predicted octanol–water partition coefficient (Wildman–Crippen LogP) is 5.16. The van der Waals surface area contributed by atoms with Crippen molar-refractivity contribution < 1.29 is 9.59 Å². The standard InChI is InChI=1S/C23H27ClN2O2/c1-15(2)13-22(27)26-12-4-5-19-14-18(8-11-21(19)26)16(3)25-23(28)17-6-9-20(24)10-7-17/h6-11,14-16H,4-5,12-13H2,1-3H3,(H,25,28)/t16-/m0/s1. The normalized spacial score (nSPS) is 14.5. The molecular formula is C23H27ClN2O2. The second kappa shape index (κ2) is 8.78. The third-order valence-corrected chi connectivity index (χ3v) is 5.31. The Labute approximate surface area is 171 Å². The minimum Gasteiger partial charge on any atom is -0.346 e. The third-order valence-electron chi connectivity index (χ3n) is 5.06. The summed E-state index contributed by atoms with van der Waals surface area (Å²) in [5.74, 6) is 0.406. The topological polar surface area (TPSA) is 49.4 Å². The van der Waals surface area contributed by atoms with Crippen LogP contribution in [0.4, 0.5) is 5.69 Å². The quantitative estimate of drug-likeness (QED) is 0.756. The van der Waals surface area contributed by atoms with Gasteiger partial charge in [-0.05, 0) is 67.1 Å². The molecule has 4 nitrogen and oxygen atoms in total. The first-order valence-electron chi connectivity index (χ1n) is 9.84. The summed E-state index contributed by atoms with van der Waals surface area (Å²) in [4.78, 5) is 27.0. The van der Waals surface area contributed by atoms with Crippen LogP contribution in [0.5, 0.6) is 0 Å². The van der Waals surface area contributed by atoms with Crippen molar-refractivity contribution in [3.63, 3.8) is 0 Å². The number of halogens is 1. The smallest absolute Gasteiger partial charge is 0.251 e. The maximum absolute atomic E-state index is 12.6. The van der Waals surface area contributed by atoms with E-state index in [9.17, 15) is 9.59 Å². The van der Waals surface area contributed by atoms with Crippen LogP contribution in [0.25, 0.3) is 0 Å². The molecule has 0 saturated heterocycles. The minimum absolute atomic E-state index is 0.129. The Morgan fingerprint density at radius 1 is 1.11 bits per heavy atom. The van der Waals surface area contributed by atoms with Crippen LogP contribution in [0.1, 0.15) is 61.1 Å². The summed E-state index contributed by atoms with van der Waals surface area (Å²) < 4.78 is 0. The van der Waals surface area contributed by atoms with E-state index >= 15 is 0 Å². The lowest BCUT2D eigenvalue weighted by Crippen LogP contribution is -2.36. The fourth-order valence-corrected chi connectivity index (χ4v) is 3.70. The molecule has 1 N–H and O–H groups in total. The Bertz CT molecular complexity index is 861. The fraction of sp³-hybridized carbons (Fsp3) is 0.391. The molecule has 1 aliphatic rings. The van der Waals surface area contributed by atoms with Gasteiger partial charge < -0.3 is 10.2 Å². The number of hydrogen-bond donors (Lipinski definition) is 1. The van der Waals surface area contributed by atoms with Gasteiger partial charge in [0.2, 0.25) is 5.91 Å². The van der Waals surface area contributed by atoms with Crippen molar-refractivity contribution in [1.82, 2.24) is 5.32 Å². The summed E-state index contributed by atoms with van der Waals surface area (Å²) in [5, 5.41) is 3.64. The summed E-state index contributed by atoms with van der Waals surface area (Å²) in [7, 11) is 0. The summed E-state index contributed by atoms with van der Waals surface area (Å²) >= 11 is 5.89. The maximum Gasteiger partial charge on any atom is 0.251 e. The number of carbonyl (C=O) groups excluding carboxylic acids is 2. The molecule has 0 saturated carbocycles. The van der Waals surface area contributed by atoms with Crippen LogP contribution in [0.3, 0.4) is 0 Å². The zero-order chi connectivity index (χ0) is 20.3. The van der Waals surface area contributed by atoms with Crippen molar-refractivity contribution in [3.05, 3.63) is 64.2 Å². The zero-order valence-electron chi connectivity index (χ0n) is 16.7. The molecule has 2 aromatic carbocycles. The summed E-state index contributed by atoms with van der Waals surface area (Å²) in [6.07, 6.45) is 2.48.